The molecule has 0 bridgehead atoms. The van der Waals surface area contributed by atoms with Crippen molar-refractivity contribution in [1.82, 2.24) is 4.57 Å². The molecule has 0 aliphatic carbocycles. The van der Waals surface area contributed by atoms with Crippen LogP contribution in [0.3, 0.4) is 0 Å². The zero-order chi connectivity index (χ0) is 12.5. The summed E-state index contributed by atoms with van der Waals surface area (Å²) in [6.07, 6.45) is 2.08. The molecule has 0 aliphatic rings. The number of halogens is 1. The molecule has 0 fully saturated rings. The molecule has 0 aliphatic heterocycles. The second-order valence-corrected chi connectivity index (χ2v) is 5.84. The third-order valence-corrected chi connectivity index (χ3v) is 4.16. The zero-order valence-corrected chi connectivity index (χ0v) is 11.5. The average molecular weight is 278 g/mol. The minimum atomic E-state index is 0.832. The summed E-state index contributed by atoms with van der Waals surface area (Å²) in [6, 6.07) is 12.2. The lowest BCUT2D eigenvalue weighted by molar-refractivity contribution is 0.420. The van der Waals surface area contributed by atoms with Crippen LogP contribution in [0.15, 0.2) is 42.6 Å². The van der Waals surface area contributed by atoms with Gasteiger partial charge in [-0.15, -0.1) is 11.3 Å². The number of rotatable bonds is 3. The highest BCUT2D eigenvalue weighted by molar-refractivity contribution is 7.16. The molecular formula is C14H12ClNOS. The van der Waals surface area contributed by atoms with Crippen LogP contribution in [0.1, 0.15) is 4.88 Å². The normalized spacial score (nSPS) is 11.0. The van der Waals surface area contributed by atoms with E-state index in [-0.39, 0.29) is 0 Å². The fraction of sp³-hybridized carbons (Fsp3) is 0.143. The molecule has 3 rings (SSSR count). The Morgan fingerprint density at radius 1 is 1.22 bits per heavy atom. The van der Waals surface area contributed by atoms with Crippen LogP contribution in [-0.4, -0.2) is 11.7 Å². The van der Waals surface area contributed by atoms with Crippen LogP contribution in [0.4, 0.5) is 0 Å². The molecule has 1 aromatic carbocycles. The topological polar surface area (TPSA) is 14.2 Å². The van der Waals surface area contributed by atoms with Crippen molar-refractivity contribution in [1.29, 1.82) is 0 Å². The number of hydrogen-bond acceptors (Lipinski definition) is 2. The third-order valence-electron chi connectivity index (χ3n) is 2.95. The minimum absolute atomic E-state index is 0.832. The fourth-order valence-electron chi connectivity index (χ4n) is 2.12. The molecule has 0 saturated carbocycles. The maximum Gasteiger partial charge on any atom is 0.128 e. The van der Waals surface area contributed by atoms with Gasteiger partial charge in [-0.25, -0.2) is 0 Å². The van der Waals surface area contributed by atoms with Gasteiger partial charge in [-0.3, -0.25) is 0 Å². The summed E-state index contributed by atoms with van der Waals surface area (Å²) in [6.45, 7) is 0.841. The number of hydrogen-bond donors (Lipinski definition) is 0. The summed E-state index contributed by atoms with van der Waals surface area (Å²) < 4.78 is 8.40. The molecule has 4 heteroatoms. The summed E-state index contributed by atoms with van der Waals surface area (Å²) in [5, 5.41) is 1.14. The Labute approximate surface area is 114 Å². The summed E-state index contributed by atoms with van der Waals surface area (Å²) >= 11 is 7.57. The van der Waals surface area contributed by atoms with E-state index in [1.165, 1.54) is 10.4 Å². The third kappa shape index (κ3) is 2.00. The highest BCUT2D eigenvalue weighted by Gasteiger charge is 2.07. The predicted molar refractivity (Wildman–Crippen MR) is 76.9 cm³/mol. The molecule has 0 atom stereocenters. The number of nitrogens with zero attached hydrogens (tertiary/aromatic N) is 1. The van der Waals surface area contributed by atoms with Crippen LogP contribution in [-0.2, 0) is 6.54 Å². The van der Waals surface area contributed by atoms with Crippen LogP contribution in [0.5, 0.6) is 5.75 Å². The molecule has 0 radical (unpaired) electrons. The SMILES string of the molecule is COc1cccc2c1ccn2Cc1ccc(Cl)s1. The van der Waals surface area contributed by atoms with Gasteiger partial charge in [0.2, 0.25) is 0 Å². The average Bonchev–Trinajstić information content (AvgIpc) is 2.97. The highest BCUT2D eigenvalue weighted by atomic mass is 35.5. The molecule has 2 heterocycles. The van der Waals surface area contributed by atoms with Crippen LogP contribution >= 0.6 is 22.9 Å². The summed E-state index contributed by atoms with van der Waals surface area (Å²) in [4.78, 5) is 1.25. The largest absolute Gasteiger partial charge is 0.496 e. The van der Waals surface area contributed by atoms with Gasteiger partial charge in [0.1, 0.15) is 5.75 Å². The number of fused-ring (bicyclic) bond motifs is 1. The van der Waals surface area contributed by atoms with E-state index in [1.807, 2.05) is 18.2 Å². The maximum atomic E-state index is 5.96. The monoisotopic (exact) mass is 277 g/mol. The lowest BCUT2D eigenvalue weighted by Crippen LogP contribution is -1.95. The Morgan fingerprint density at radius 2 is 2.11 bits per heavy atom. The van der Waals surface area contributed by atoms with Gasteiger partial charge in [0.05, 0.1) is 23.5 Å². The Bertz CT molecular complexity index is 686. The quantitative estimate of drug-likeness (QED) is 0.691. The van der Waals surface area contributed by atoms with Crippen molar-refractivity contribution < 1.29 is 4.74 Å². The molecule has 2 aromatic heterocycles. The summed E-state index contributed by atoms with van der Waals surface area (Å²) in [5.74, 6) is 0.912. The van der Waals surface area contributed by atoms with Gasteiger partial charge in [0.15, 0.2) is 0 Å². The van der Waals surface area contributed by atoms with Crippen molar-refractivity contribution in [3.63, 3.8) is 0 Å². The fourth-order valence-corrected chi connectivity index (χ4v) is 3.20. The van der Waals surface area contributed by atoms with Crippen LogP contribution in [0.25, 0.3) is 10.9 Å². The van der Waals surface area contributed by atoms with Gasteiger partial charge in [-0.05, 0) is 30.3 Å². The smallest absolute Gasteiger partial charge is 0.128 e. The molecule has 3 aromatic rings. The first-order valence-corrected chi connectivity index (χ1v) is 6.83. The number of ether oxygens (including phenoxy) is 1. The molecule has 18 heavy (non-hydrogen) atoms. The second kappa shape index (κ2) is 4.67. The number of thiophene rings is 1. The van der Waals surface area contributed by atoms with E-state index in [0.717, 1.165) is 22.0 Å². The molecule has 0 amide bonds. The zero-order valence-electron chi connectivity index (χ0n) is 9.89. The van der Waals surface area contributed by atoms with E-state index in [0.29, 0.717) is 0 Å². The second-order valence-electron chi connectivity index (χ2n) is 4.04. The lowest BCUT2D eigenvalue weighted by atomic mass is 10.2. The highest BCUT2D eigenvalue weighted by Crippen LogP contribution is 2.28. The van der Waals surface area contributed by atoms with Crippen molar-refractivity contribution in [2.45, 2.75) is 6.54 Å². The van der Waals surface area contributed by atoms with Gasteiger partial charge in [0.25, 0.3) is 0 Å². The first-order chi connectivity index (χ1) is 8.78. The number of benzene rings is 1. The molecule has 0 saturated heterocycles. The summed E-state index contributed by atoms with van der Waals surface area (Å²) in [7, 11) is 1.70. The Balaban J connectivity index is 2.02. The van der Waals surface area contributed by atoms with E-state index in [9.17, 15) is 0 Å². The van der Waals surface area contributed by atoms with Crippen molar-refractivity contribution in [2.75, 3.05) is 7.11 Å². The van der Waals surface area contributed by atoms with E-state index in [1.54, 1.807) is 18.4 Å². The molecule has 0 N–H and O–H groups in total. The van der Waals surface area contributed by atoms with E-state index in [2.05, 4.69) is 29.0 Å². The Morgan fingerprint density at radius 3 is 2.83 bits per heavy atom. The van der Waals surface area contributed by atoms with E-state index < -0.39 is 0 Å². The van der Waals surface area contributed by atoms with E-state index >= 15 is 0 Å². The lowest BCUT2D eigenvalue weighted by Gasteiger charge is -2.05. The standard InChI is InChI=1S/C14H12ClNOS/c1-17-13-4-2-3-12-11(13)7-8-16(12)9-10-5-6-14(15)18-10/h2-8H,9H2,1H3. The summed E-state index contributed by atoms with van der Waals surface area (Å²) in [5.41, 5.74) is 1.18. The number of aromatic nitrogens is 1. The van der Waals surface area contributed by atoms with Crippen LogP contribution in [0.2, 0.25) is 4.34 Å². The van der Waals surface area contributed by atoms with Gasteiger partial charge in [0, 0.05) is 16.5 Å². The van der Waals surface area contributed by atoms with Gasteiger partial charge >= 0.3 is 0 Å². The molecule has 0 spiro atoms. The van der Waals surface area contributed by atoms with Crippen LogP contribution < -0.4 is 4.74 Å². The number of methoxy groups -OCH3 is 1. The van der Waals surface area contributed by atoms with Gasteiger partial charge in [-0.1, -0.05) is 17.7 Å². The Hall–Kier alpha value is -1.45. The van der Waals surface area contributed by atoms with Crippen LogP contribution in [0, 0.1) is 0 Å². The van der Waals surface area contributed by atoms with Gasteiger partial charge in [-0.2, -0.15) is 0 Å². The first kappa shape index (κ1) is 11.6. The van der Waals surface area contributed by atoms with Crippen molar-refractivity contribution in [2.24, 2.45) is 0 Å². The molecule has 2 nitrogen and oxygen atoms in total. The molecule has 0 unspecified atom stereocenters. The maximum absolute atomic E-state index is 5.96. The van der Waals surface area contributed by atoms with Crippen molar-refractivity contribution >= 4 is 33.8 Å². The molecule has 92 valence electrons. The van der Waals surface area contributed by atoms with Crippen molar-refractivity contribution in [3.8, 4) is 5.75 Å². The van der Waals surface area contributed by atoms with E-state index in [4.69, 9.17) is 16.3 Å². The van der Waals surface area contributed by atoms with Crippen molar-refractivity contribution in [3.05, 3.63) is 51.8 Å². The minimum Gasteiger partial charge on any atom is -0.496 e. The van der Waals surface area contributed by atoms with Gasteiger partial charge < -0.3 is 9.30 Å². The predicted octanol–water partition coefficient (Wildman–Crippen LogP) is 4.41. The Kier molecular flexibility index (Phi) is 3.02. The first-order valence-electron chi connectivity index (χ1n) is 5.64. The molecular weight excluding hydrogens is 266 g/mol.